The molecule has 2 aromatic rings. The summed E-state index contributed by atoms with van der Waals surface area (Å²) in [7, 11) is 0. The van der Waals surface area contributed by atoms with Gasteiger partial charge in [0.05, 0.1) is 0 Å². The summed E-state index contributed by atoms with van der Waals surface area (Å²) >= 11 is 0. The van der Waals surface area contributed by atoms with Crippen molar-refractivity contribution in [3.63, 3.8) is 0 Å². The zero-order valence-corrected chi connectivity index (χ0v) is 44.1. The second-order valence-electron chi connectivity index (χ2n) is 18.1. The molecule has 14 heteroatoms. The molecule has 4 aliphatic heterocycles. The van der Waals surface area contributed by atoms with Crippen LogP contribution in [-0.4, -0.2) is 50.3 Å². The van der Waals surface area contributed by atoms with Crippen molar-refractivity contribution in [2.24, 2.45) is 0 Å². The number of unbranched alkanes of at least 4 members (excludes halogenated alkanes) is 10. The molecule has 0 bridgehead atoms. The van der Waals surface area contributed by atoms with Crippen LogP contribution in [-0.2, 0) is 45.6 Å². The van der Waals surface area contributed by atoms with Gasteiger partial charge in [-0.3, -0.25) is 0 Å². The fourth-order valence-electron chi connectivity index (χ4n) is 11.2. The van der Waals surface area contributed by atoms with Crippen molar-refractivity contribution >= 4 is 0 Å². The molecule has 4 heterocycles. The first-order valence-electron chi connectivity index (χ1n) is 23.2. The number of nitrogens with two attached hydrogens (primary N) is 8. The third-order valence-electron chi connectivity index (χ3n) is 14.4. The number of fused-ring (bicyclic) bond motifs is 3. The summed E-state index contributed by atoms with van der Waals surface area (Å²) < 4.78 is 0. The van der Waals surface area contributed by atoms with Crippen molar-refractivity contribution in [2.75, 3.05) is 26.2 Å². The number of benzene rings is 2. The predicted molar refractivity (Wildman–Crippen MR) is 271 cm³/mol. The molecule has 4 fully saturated rings. The Morgan fingerprint density at radius 2 is 0.794 bits per heavy atom. The molecule has 7 rings (SSSR count). The van der Waals surface area contributed by atoms with Crippen molar-refractivity contribution in [3.05, 3.63) is 129 Å². The normalized spacial score (nSPS) is 23.9. The Bertz CT molecular complexity index is 1300. The molecule has 4 saturated heterocycles. The van der Waals surface area contributed by atoms with E-state index in [1.54, 1.807) is 22.3 Å². The first kappa shape index (κ1) is 68.8. The Labute approximate surface area is 413 Å². The minimum absolute atomic E-state index is 0. The van der Waals surface area contributed by atoms with E-state index in [9.17, 15) is 0 Å². The maximum atomic E-state index is 5.34. The minimum atomic E-state index is 0. The van der Waals surface area contributed by atoms with Gasteiger partial charge in [-0.1, -0.05) is 179 Å². The molecular weight excluding hydrogens is 1140 g/mol. The first-order chi connectivity index (χ1) is 26.2. The van der Waals surface area contributed by atoms with Gasteiger partial charge in [-0.05, 0) is 70.9 Å². The second kappa shape index (κ2) is 35.4. The molecule has 16 N–H and O–H groups in total. The van der Waals surface area contributed by atoms with Crippen molar-refractivity contribution in [3.8, 4) is 11.1 Å². The van der Waals surface area contributed by atoms with Gasteiger partial charge in [-0.15, -0.1) is 26.2 Å². The molecule has 0 saturated carbocycles. The number of hydrogen-bond donors (Lipinski definition) is 0. The van der Waals surface area contributed by atoms with Crippen LogP contribution in [0.5, 0.6) is 0 Å². The molecule has 2 radical (unpaired) electrons. The van der Waals surface area contributed by atoms with Crippen LogP contribution in [0.3, 0.4) is 0 Å². The van der Waals surface area contributed by atoms with Gasteiger partial charge in [0.15, 0.2) is 0 Å². The van der Waals surface area contributed by atoms with E-state index in [1.165, 1.54) is 165 Å². The van der Waals surface area contributed by atoms with E-state index in [0.29, 0.717) is 36.0 Å². The SMILES string of the molecule is CCCCCCCCC1(CCCCCCCC)c2cc(C3CCC(C4CCCC[N-]4)[N-]C3)ccc2-c2ccc(C3CCC(C4CCCC[N-]4)[N-]C3)cc21.[Ir].[Ir].[NH2-].[NH2-].[NH2-].[NH2-].[NH2-].[NH2-].[NH2-].[NH2-]. The van der Waals surface area contributed by atoms with Crippen molar-refractivity contribution in [1.82, 2.24) is 0 Å². The maximum absolute atomic E-state index is 5.34. The molecule has 0 aromatic heterocycles. The summed E-state index contributed by atoms with van der Waals surface area (Å²) in [5.41, 5.74) is 9.64. The molecule has 6 unspecified atom stereocenters. The van der Waals surface area contributed by atoms with Crippen LogP contribution in [0.1, 0.15) is 202 Å². The van der Waals surface area contributed by atoms with E-state index in [1.807, 2.05) is 0 Å². The van der Waals surface area contributed by atoms with Crippen LogP contribution in [0.4, 0.5) is 0 Å². The van der Waals surface area contributed by atoms with Gasteiger partial charge in [0.2, 0.25) is 0 Å². The smallest absolute Gasteiger partial charge is 0.0215 e. The van der Waals surface area contributed by atoms with Crippen LogP contribution in [0.15, 0.2) is 36.4 Å². The Morgan fingerprint density at radius 3 is 1.13 bits per heavy atom. The molecule has 376 valence electrons. The van der Waals surface area contributed by atoms with E-state index in [2.05, 4.69) is 50.2 Å². The molecule has 0 amide bonds. The summed E-state index contributed by atoms with van der Waals surface area (Å²) in [5.74, 6) is 1.10. The van der Waals surface area contributed by atoms with E-state index >= 15 is 0 Å². The average Bonchev–Trinajstić information content (AvgIpc) is 3.49. The Morgan fingerprint density at radius 1 is 0.429 bits per heavy atom. The standard InChI is InChI=1S/C49H74N4.2Ir.8H2N/c1-3-5-7-9-11-15-29-49(30-16-12-10-8-6-4-2)43-33-37(39-23-27-47(52-35-39)45-19-13-17-31-50-45)21-25-41(43)42-26-22-38(34-44(42)49)40-24-28-48(53-36-40)46-20-14-18-32-51-46;;;;;;;;;;/h21-22,25-26,33-34,39-40,45-48H,3-20,23-24,27-32,35-36H2,1-2H3;;;8*1H2/q-4;;;8*-1. The van der Waals surface area contributed by atoms with E-state index in [0.717, 1.165) is 26.2 Å². The van der Waals surface area contributed by atoms with Crippen LogP contribution < -0.4 is 0 Å². The number of hydrogen-bond acceptors (Lipinski definition) is 0. The molecule has 6 atom stereocenters. The van der Waals surface area contributed by atoms with E-state index in [-0.39, 0.29) is 94.8 Å². The van der Waals surface area contributed by atoms with Crippen LogP contribution in [0, 0.1) is 0 Å². The van der Waals surface area contributed by atoms with Gasteiger partial charge in [-0.25, -0.2) is 0 Å². The number of piperidine rings is 4. The van der Waals surface area contributed by atoms with Gasteiger partial charge >= 0.3 is 0 Å². The summed E-state index contributed by atoms with van der Waals surface area (Å²) in [6, 6.07) is 17.4. The van der Waals surface area contributed by atoms with Crippen LogP contribution in [0.2, 0.25) is 0 Å². The first-order valence-corrected chi connectivity index (χ1v) is 23.2. The fraction of sp³-hybridized carbons (Fsp3) is 0.755. The van der Waals surface area contributed by atoms with Crippen molar-refractivity contribution in [1.29, 1.82) is 0 Å². The molecule has 12 nitrogen and oxygen atoms in total. The molecule has 5 aliphatic rings. The van der Waals surface area contributed by atoms with Gasteiger partial charge < -0.3 is 70.5 Å². The van der Waals surface area contributed by atoms with Crippen LogP contribution >= 0.6 is 0 Å². The molecule has 0 spiro atoms. The molecular formula is C49H90Ir2N12-12. The zero-order valence-electron chi connectivity index (χ0n) is 39.3. The van der Waals surface area contributed by atoms with Crippen molar-refractivity contribution < 1.29 is 40.2 Å². The van der Waals surface area contributed by atoms with Gasteiger partial charge in [0.25, 0.3) is 0 Å². The summed E-state index contributed by atoms with van der Waals surface area (Å²) in [6.45, 7) is 8.75. The number of nitrogens with zero attached hydrogens (tertiary/aromatic N) is 4. The van der Waals surface area contributed by atoms with Crippen LogP contribution in [0.25, 0.3) is 81.6 Å². The Kier molecular flexibility index (Phi) is 38.7. The summed E-state index contributed by atoms with van der Waals surface area (Å²) in [4.78, 5) is 0. The third-order valence-corrected chi connectivity index (χ3v) is 14.4. The molecule has 1 aliphatic carbocycles. The largest absolute Gasteiger partial charge is 0.693 e. The van der Waals surface area contributed by atoms with Crippen molar-refractivity contribution in [2.45, 2.75) is 209 Å². The quantitative estimate of drug-likeness (QED) is 0.126. The topological polar surface area (TPSA) is 324 Å². The van der Waals surface area contributed by atoms with Gasteiger partial charge in [-0.2, -0.15) is 24.2 Å². The predicted octanol–water partition coefficient (Wildman–Crippen LogP) is 20.3. The van der Waals surface area contributed by atoms with Gasteiger partial charge in [0.1, 0.15) is 0 Å². The second-order valence-corrected chi connectivity index (χ2v) is 18.1. The Hall–Kier alpha value is -0.741. The number of rotatable bonds is 18. The fourth-order valence-corrected chi connectivity index (χ4v) is 11.2. The molecule has 2 aromatic carbocycles. The average molecular weight is 1230 g/mol. The van der Waals surface area contributed by atoms with E-state index in [4.69, 9.17) is 21.3 Å². The summed E-state index contributed by atoms with van der Waals surface area (Å²) in [5, 5.41) is 20.7. The maximum Gasteiger partial charge on any atom is 0.0215 e. The van der Waals surface area contributed by atoms with Gasteiger partial charge in [0, 0.05) is 45.6 Å². The monoisotopic (exact) mass is 1230 g/mol. The zero-order chi connectivity index (χ0) is 36.3. The summed E-state index contributed by atoms with van der Waals surface area (Å²) in [6.07, 6.45) is 31.6. The third kappa shape index (κ3) is 17.4. The molecule has 63 heavy (non-hydrogen) atoms. The minimum Gasteiger partial charge on any atom is -0.693 e. The Balaban J connectivity index is -0.00000174. The van der Waals surface area contributed by atoms with E-state index < -0.39 is 0 Å².